The molecule has 4 rings (SSSR count). The highest BCUT2D eigenvalue weighted by Crippen LogP contribution is 2.36. The SMILES string of the molecule is Cc1c(Cl)c(C(F)(F)F)nn1C(C)c1nc2c3cnn(C)c3ncn2n1. The Morgan fingerprint density at radius 3 is 2.58 bits per heavy atom. The van der Waals surface area contributed by atoms with E-state index in [9.17, 15) is 13.2 Å². The fourth-order valence-corrected chi connectivity index (χ4v) is 3.03. The van der Waals surface area contributed by atoms with Crippen LogP contribution in [0.15, 0.2) is 12.5 Å². The number of hydrogen-bond acceptors (Lipinski definition) is 5. The lowest BCUT2D eigenvalue weighted by Gasteiger charge is -2.10. The summed E-state index contributed by atoms with van der Waals surface area (Å²) < 4.78 is 43.3. The Hall–Kier alpha value is -2.69. The van der Waals surface area contributed by atoms with Gasteiger partial charge in [0.15, 0.2) is 22.8 Å². The fourth-order valence-electron chi connectivity index (χ4n) is 2.80. The van der Waals surface area contributed by atoms with Gasteiger partial charge in [-0.3, -0.25) is 9.36 Å². The topological polar surface area (TPSA) is 78.7 Å². The standard InChI is InChI=1S/C14H12ClF3N8/c1-6-9(15)10(14(16,17)18)22-26(6)7(2)11-21-13-8-4-20-24(3)12(8)19-5-25(13)23-11/h4-5,7H,1-3H3. The zero-order valence-corrected chi connectivity index (χ0v) is 14.6. The van der Waals surface area contributed by atoms with E-state index in [0.717, 1.165) is 0 Å². The van der Waals surface area contributed by atoms with E-state index in [1.165, 1.54) is 22.4 Å². The van der Waals surface area contributed by atoms with Gasteiger partial charge in [0, 0.05) is 7.05 Å². The van der Waals surface area contributed by atoms with Crippen molar-refractivity contribution >= 4 is 28.3 Å². The summed E-state index contributed by atoms with van der Waals surface area (Å²) in [6, 6.07) is -0.657. The van der Waals surface area contributed by atoms with Crippen LogP contribution in [-0.2, 0) is 13.2 Å². The van der Waals surface area contributed by atoms with Crippen molar-refractivity contribution in [3.8, 4) is 0 Å². The van der Waals surface area contributed by atoms with Crippen LogP contribution in [0, 0.1) is 6.92 Å². The highest BCUT2D eigenvalue weighted by atomic mass is 35.5. The molecule has 1 atom stereocenters. The molecular weight excluding hydrogens is 373 g/mol. The molecule has 0 saturated heterocycles. The number of aryl methyl sites for hydroxylation is 1. The van der Waals surface area contributed by atoms with E-state index < -0.39 is 22.9 Å². The summed E-state index contributed by atoms with van der Waals surface area (Å²) in [5.41, 5.74) is 0.206. The van der Waals surface area contributed by atoms with Crippen LogP contribution < -0.4 is 0 Å². The van der Waals surface area contributed by atoms with Crippen LogP contribution in [0.2, 0.25) is 5.02 Å². The molecule has 0 N–H and O–H groups in total. The van der Waals surface area contributed by atoms with Crippen LogP contribution >= 0.6 is 11.6 Å². The number of hydrogen-bond donors (Lipinski definition) is 0. The first-order valence-electron chi connectivity index (χ1n) is 7.53. The minimum atomic E-state index is -4.63. The average molecular weight is 385 g/mol. The van der Waals surface area contributed by atoms with Crippen molar-refractivity contribution in [1.82, 2.24) is 39.1 Å². The predicted octanol–water partition coefficient (Wildman–Crippen LogP) is 2.80. The number of alkyl halides is 3. The van der Waals surface area contributed by atoms with Crippen molar-refractivity contribution in [3.63, 3.8) is 0 Å². The number of fused-ring (bicyclic) bond motifs is 3. The van der Waals surface area contributed by atoms with E-state index in [2.05, 4.69) is 25.3 Å². The fraction of sp³-hybridized carbons (Fsp3) is 0.357. The molecule has 0 aliphatic rings. The molecule has 12 heteroatoms. The van der Waals surface area contributed by atoms with Crippen molar-refractivity contribution in [1.29, 1.82) is 0 Å². The van der Waals surface area contributed by atoms with Crippen LogP contribution in [0.5, 0.6) is 0 Å². The van der Waals surface area contributed by atoms with Gasteiger partial charge in [0.1, 0.15) is 12.4 Å². The van der Waals surface area contributed by atoms with Gasteiger partial charge in [-0.25, -0.2) is 14.5 Å². The van der Waals surface area contributed by atoms with Crippen LogP contribution in [0.25, 0.3) is 16.7 Å². The highest BCUT2D eigenvalue weighted by Gasteiger charge is 2.39. The third kappa shape index (κ3) is 2.34. The second-order valence-electron chi connectivity index (χ2n) is 5.85. The van der Waals surface area contributed by atoms with Gasteiger partial charge in [-0.2, -0.15) is 23.4 Å². The van der Waals surface area contributed by atoms with Crippen LogP contribution in [0.4, 0.5) is 13.2 Å². The van der Waals surface area contributed by atoms with Gasteiger partial charge in [-0.1, -0.05) is 11.6 Å². The van der Waals surface area contributed by atoms with Crippen molar-refractivity contribution in [2.24, 2.45) is 7.05 Å². The smallest absolute Gasteiger partial charge is 0.257 e. The normalized spacial score (nSPS) is 13.8. The van der Waals surface area contributed by atoms with Crippen molar-refractivity contribution in [2.45, 2.75) is 26.1 Å². The van der Waals surface area contributed by atoms with Gasteiger partial charge in [0.2, 0.25) is 0 Å². The molecule has 0 bridgehead atoms. The van der Waals surface area contributed by atoms with E-state index in [0.29, 0.717) is 22.5 Å². The average Bonchev–Trinajstić information content (AvgIpc) is 3.23. The molecule has 4 aromatic rings. The summed E-state index contributed by atoms with van der Waals surface area (Å²) in [5.74, 6) is 0.291. The molecule has 8 nitrogen and oxygen atoms in total. The molecule has 1 unspecified atom stereocenters. The largest absolute Gasteiger partial charge is 0.436 e. The Kier molecular flexibility index (Phi) is 3.48. The Balaban J connectivity index is 1.84. The Morgan fingerprint density at radius 1 is 1.19 bits per heavy atom. The third-order valence-corrected chi connectivity index (χ3v) is 4.62. The molecule has 0 aliphatic carbocycles. The molecule has 0 amide bonds. The third-order valence-electron chi connectivity index (χ3n) is 4.17. The maximum Gasteiger partial charge on any atom is 0.436 e. The Labute approximate surface area is 149 Å². The van der Waals surface area contributed by atoms with Gasteiger partial charge in [-0.05, 0) is 13.8 Å². The van der Waals surface area contributed by atoms with Crippen molar-refractivity contribution in [3.05, 3.63) is 34.8 Å². The Bertz CT molecular complexity index is 1140. The molecule has 136 valence electrons. The van der Waals surface area contributed by atoms with Gasteiger partial charge < -0.3 is 0 Å². The number of nitrogens with zero attached hydrogens (tertiary/aromatic N) is 8. The molecular formula is C14H12ClF3N8. The highest BCUT2D eigenvalue weighted by molar-refractivity contribution is 6.31. The molecule has 4 heterocycles. The maximum atomic E-state index is 13.0. The first kappa shape index (κ1) is 16.8. The van der Waals surface area contributed by atoms with Gasteiger partial charge >= 0.3 is 6.18 Å². The van der Waals surface area contributed by atoms with Crippen LogP contribution in [0.3, 0.4) is 0 Å². The molecule has 4 aromatic heterocycles. The zero-order chi connectivity index (χ0) is 18.8. The Morgan fingerprint density at radius 2 is 1.92 bits per heavy atom. The summed E-state index contributed by atoms with van der Waals surface area (Å²) in [7, 11) is 1.75. The summed E-state index contributed by atoms with van der Waals surface area (Å²) in [4.78, 5) is 8.70. The number of halogens is 4. The molecule has 0 fully saturated rings. The molecule has 0 radical (unpaired) electrons. The lowest BCUT2D eigenvalue weighted by atomic mass is 10.3. The second kappa shape index (κ2) is 5.40. The number of aromatic nitrogens is 8. The van der Waals surface area contributed by atoms with E-state index in [-0.39, 0.29) is 5.69 Å². The van der Waals surface area contributed by atoms with Gasteiger partial charge in [0.05, 0.1) is 22.3 Å². The zero-order valence-electron chi connectivity index (χ0n) is 13.8. The van der Waals surface area contributed by atoms with E-state index in [4.69, 9.17) is 11.6 Å². The van der Waals surface area contributed by atoms with Gasteiger partial charge in [-0.15, -0.1) is 5.10 Å². The molecule has 0 aliphatic heterocycles. The first-order valence-corrected chi connectivity index (χ1v) is 7.91. The predicted molar refractivity (Wildman–Crippen MR) is 85.8 cm³/mol. The van der Waals surface area contributed by atoms with Gasteiger partial charge in [0.25, 0.3) is 0 Å². The molecule has 26 heavy (non-hydrogen) atoms. The number of rotatable bonds is 2. The van der Waals surface area contributed by atoms with E-state index in [1.54, 1.807) is 24.9 Å². The summed E-state index contributed by atoms with van der Waals surface area (Å²) in [6.07, 6.45) is -1.55. The first-order chi connectivity index (χ1) is 12.2. The molecule has 0 saturated carbocycles. The van der Waals surface area contributed by atoms with Crippen molar-refractivity contribution < 1.29 is 13.2 Å². The monoisotopic (exact) mass is 384 g/mol. The van der Waals surface area contributed by atoms with Crippen LogP contribution in [-0.4, -0.2) is 39.1 Å². The quantitative estimate of drug-likeness (QED) is 0.531. The summed E-state index contributed by atoms with van der Waals surface area (Å²) >= 11 is 5.82. The molecule has 0 spiro atoms. The van der Waals surface area contributed by atoms with Crippen molar-refractivity contribution in [2.75, 3.05) is 0 Å². The second-order valence-corrected chi connectivity index (χ2v) is 6.23. The van der Waals surface area contributed by atoms with E-state index >= 15 is 0 Å². The lowest BCUT2D eigenvalue weighted by molar-refractivity contribution is -0.141. The maximum absolute atomic E-state index is 13.0. The minimum Gasteiger partial charge on any atom is -0.257 e. The summed E-state index contributed by atoms with van der Waals surface area (Å²) in [6.45, 7) is 3.12. The van der Waals surface area contributed by atoms with E-state index in [1.807, 2.05) is 0 Å². The molecule has 0 aromatic carbocycles. The summed E-state index contributed by atoms with van der Waals surface area (Å²) in [5, 5.41) is 12.3. The lowest BCUT2D eigenvalue weighted by Crippen LogP contribution is -2.14. The minimum absolute atomic E-state index is 0.190. The van der Waals surface area contributed by atoms with Crippen LogP contribution in [0.1, 0.15) is 30.2 Å².